The van der Waals surface area contributed by atoms with E-state index in [-0.39, 0.29) is 5.95 Å². The Morgan fingerprint density at radius 2 is 1.52 bits per heavy atom. The van der Waals surface area contributed by atoms with E-state index in [2.05, 4.69) is 4.98 Å². The zero-order valence-electron chi connectivity index (χ0n) is 16.8. The number of ether oxygens (including phenoxy) is 3. The molecular formula is C21H23N3O5. The summed E-state index contributed by atoms with van der Waals surface area (Å²) in [6.45, 7) is 4.02. The van der Waals surface area contributed by atoms with E-state index >= 15 is 0 Å². The minimum atomic E-state index is -0.572. The summed E-state index contributed by atoms with van der Waals surface area (Å²) in [5, 5.41) is 11.8. The van der Waals surface area contributed by atoms with Crippen LogP contribution in [0.15, 0.2) is 48.5 Å². The molecule has 8 heteroatoms. The molecule has 29 heavy (non-hydrogen) atoms. The fraction of sp³-hybridized carbons (Fsp3) is 0.286. The van der Waals surface area contributed by atoms with Gasteiger partial charge in [-0.05, 0) is 67.3 Å². The first-order chi connectivity index (χ1) is 14.0. The maximum atomic E-state index is 11.8. The van der Waals surface area contributed by atoms with E-state index in [1.54, 1.807) is 33.3 Å². The van der Waals surface area contributed by atoms with Crippen LogP contribution in [0.25, 0.3) is 22.5 Å². The number of imidazole rings is 1. The average molecular weight is 397 g/mol. The minimum absolute atomic E-state index is 0.275. The number of nitrogens with zero attached hydrogens (tertiary/aromatic N) is 3. The molecule has 0 fully saturated rings. The molecule has 0 saturated carbocycles. The van der Waals surface area contributed by atoms with Gasteiger partial charge in [-0.2, -0.15) is 4.57 Å². The van der Waals surface area contributed by atoms with Crippen molar-refractivity contribution in [1.29, 1.82) is 0 Å². The fourth-order valence-corrected chi connectivity index (χ4v) is 3.18. The summed E-state index contributed by atoms with van der Waals surface area (Å²) >= 11 is 0. The standard InChI is InChI=1S/C21H23N3O5/c1-5-29-14(2)23-20(16-8-12-18(28-4)13-9-16)19(22-21(23)24(25)26)15-6-10-17(27-3)11-7-15/h6-14H,5H2,1-4H3. The molecule has 2 aromatic carbocycles. The van der Waals surface area contributed by atoms with Crippen LogP contribution in [-0.4, -0.2) is 35.3 Å². The number of hydrogen-bond donors (Lipinski definition) is 0. The van der Waals surface area contributed by atoms with Gasteiger partial charge < -0.3 is 24.3 Å². The fourth-order valence-electron chi connectivity index (χ4n) is 3.18. The van der Waals surface area contributed by atoms with Crippen molar-refractivity contribution in [2.24, 2.45) is 0 Å². The second kappa shape index (κ2) is 8.74. The molecular weight excluding hydrogens is 374 g/mol. The van der Waals surface area contributed by atoms with Crippen molar-refractivity contribution in [3.05, 3.63) is 58.6 Å². The largest absolute Gasteiger partial charge is 0.497 e. The molecule has 1 heterocycles. The smallest absolute Gasteiger partial charge is 0.437 e. The normalized spacial score (nSPS) is 11.9. The van der Waals surface area contributed by atoms with Gasteiger partial charge in [0.05, 0.1) is 14.2 Å². The average Bonchev–Trinajstić information content (AvgIpc) is 3.15. The molecule has 152 valence electrons. The molecule has 0 saturated heterocycles. The molecule has 0 N–H and O–H groups in total. The molecule has 0 spiro atoms. The molecule has 0 aliphatic rings. The molecule has 0 aliphatic carbocycles. The summed E-state index contributed by atoms with van der Waals surface area (Å²) in [7, 11) is 3.17. The molecule has 0 amide bonds. The van der Waals surface area contributed by atoms with Crippen molar-refractivity contribution in [3.8, 4) is 34.0 Å². The lowest BCUT2D eigenvalue weighted by molar-refractivity contribution is -0.398. The Morgan fingerprint density at radius 1 is 1.00 bits per heavy atom. The summed E-state index contributed by atoms with van der Waals surface area (Å²) in [6.07, 6.45) is -0.572. The summed E-state index contributed by atoms with van der Waals surface area (Å²) in [5.74, 6) is 1.11. The van der Waals surface area contributed by atoms with E-state index in [4.69, 9.17) is 14.2 Å². The van der Waals surface area contributed by atoms with Crippen LogP contribution >= 0.6 is 0 Å². The molecule has 3 rings (SSSR count). The Labute approximate surface area is 168 Å². The van der Waals surface area contributed by atoms with Crippen molar-refractivity contribution in [2.75, 3.05) is 20.8 Å². The molecule has 1 aromatic heterocycles. The maximum Gasteiger partial charge on any atom is 0.437 e. The van der Waals surface area contributed by atoms with E-state index in [0.29, 0.717) is 29.5 Å². The van der Waals surface area contributed by atoms with E-state index in [0.717, 1.165) is 11.1 Å². The lowest BCUT2D eigenvalue weighted by atomic mass is 10.0. The lowest BCUT2D eigenvalue weighted by Gasteiger charge is -2.14. The molecule has 0 aliphatic heterocycles. The van der Waals surface area contributed by atoms with E-state index in [1.807, 2.05) is 43.3 Å². The third kappa shape index (κ3) is 4.07. The Balaban J connectivity index is 2.27. The van der Waals surface area contributed by atoms with Gasteiger partial charge >= 0.3 is 5.95 Å². The summed E-state index contributed by atoms with van der Waals surface area (Å²) in [5.41, 5.74) is 2.60. The zero-order valence-corrected chi connectivity index (χ0v) is 16.8. The van der Waals surface area contributed by atoms with Gasteiger partial charge in [0.2, 0.25) is 0 Å². The zero-order chi connectivity index (χ0) is 21.0. The van der Waals surface area contributed by atoms with Crippen molar-refractivity contribution >= 4 is 5.95 Å². The molecule has 1 atom stereocenters. The second-order valence-corrected chi connectivity index (χ2v) is 6.25. The van der Waals surface area contributed by atoms with Crippen molar-refractivity contribution in [1.82, 2.24) is 9.55 Å². The van der Waals surface area contributed by atoms with Crippen LogP contribution in [0.4, 0.5) is 5.95 Å². The highest BCUT2D eigenvalue weighted by Gasteiger charge is 2.32. The van der Waals surface area contributed by atoms with Gasteiger partial charge in [-0.3, -0.25) is 0 Å². The molecule has 1 unspecified atom stereocenters. The first kappa shape index (κ1) is 20.3. The van der Waals surface area contributed by atoms with Crippen LogP contribution in [0.2, 0.25) is 0 Å². The summed E-state index contributed by atoms with van der Waals surface area (Å²) < 4.78 is 17.7. The van der Waals surface area contributed by atoms with Crippen LogP contribution < -0.4 is 9.47 Å². The Kier molecular flexibility index (Phi) is 6.13. The SMILES string of the molecule is CCOC(C)n1c([N+](=O)[O-])nc(-c2ccc(OC)cc2)c1-c1ccc(OC)cc1. The minimum Gasteiger partial charge on any atom is -0.497 e. The first-order valence-electron chi connectivity index (χ1n) is 9.17. The second-order valence-electron chi connectivity index (χ2n) is 6.25. The lowest BCUT2D eigenvalue weighted by Crippen LogP contribution is -2.13. The van der Waals surface area contributed by atoms with Crippen molar-refractivity contribution < 1.29 is 19.1 Å². The molecule has 8 nitrogen and oxygen atoms in total. The van der Waals surface area contributed by atoms with E-state index in [9.17, 15) is 10.1 Å². The number of rotatable bonds is 8. The third-order valence-electron chi connectivity index (χ3n) is 4.55. The Bertz CT molecular complexity index is 981. The van der Waals surface area contributed by atoms with Gasteiger partial charge in [0.1, 0.15) is 11.5 Å². The predicted octanol–water partition coefficient (Wildman–Crippen LogP) is 4.70. The highest BCUT2D eigenvalue weighted by Crippen LogP contribution is 2.38. The van der Waals surface area contributed by atoms with Crippen LogP contribution in [0.1, 0.15) is 20.1 Å². The van der Waals surface area contributed by atoms with Crippen molar-refractivity contribution in [2.45, 2.75) is 20.1 Å². The summed E-state index contributed by atoms with van der Waals surface area (Å²) in [4.78, 5) is 15.7. The van der Waals surface area contributed by atoms with E-state index < -0.39 is 11.2 Å². The van der Waals surface area contributed by atoms with Crippen LogP contribution in [-0.2, 0) is 4.74 Å². The molecule has 0 bridgehead atoms. The van der Waals surface area contributed by atoms with Crippen LogP contribution in [0, 0.1) is 10.1 Å². The number of benzene rings is 2. The monoisotopic (exact) mass is 397 g/mol. The van der Waals surface area contributed by atoms with Gasteiger partial charge in [-0.1, -0.05) is 4.98 Å². The van der Waals surface area contributed by atoms with Gasteiger partial charge in [-0.25, -0.2) is 0 Å². The Morgan fingerprint density at radius 3 is 1.97 bits per heavy atom. The van der Waals surface area contributed by atoms with Gasteiger partial charge in [-0.15, -0.1) is 0 Å². The molecule has 0 radical (unpaired) electrons. The maximum absolute atomic E-state index is 11.8. The number of methoxy groups -OCH3 is 2. The molecule has 3 aromatic rings. The van der Waals surface area contributed by atoms with E-state index in [1.165, 1.54) is 4.57 Å². The highest BCUT2D eigenvalue weighted by molar-refractivity contribution is 5.80. The quantitative estimate of drug-likeness (QED) is 0.404. The van der Waals surface area contributed by atoms with Gasteiger partial charge in [0, 0.05) is 17.7 Å². The first-order valence-corrected chi connectivity index (χ1v) is 9.17. The number of nitro groups is 1. The topological polar surface area (TPSA) is 88.7 Å². The number of hydrogen-bond acceptors (Lipinski definition) is 6. The third-order valence-corrected chi connectivity index (χ3v) is 4.55. The van der Waals surface area contributed by atoms with Gasteiger partial charge in [0.15, 0.2) is 17.6 Å². The summed E-state index contributed by atoms with van der Waals surface area (Å²) in [6, 6.07) is 14.6. The predicted molar refractivity (Wildman–Crippen MR) is 109 cm³/mol. The van der Waals surface area contributed by atoms with Gasteiger partial charge in [0.25, 0.3) is 0 Å². The van der Waals surface area contributed by atoms with Crippen LogP contribution in [0.5, 0.6) is 11.5 Å². The Hall–Kier alpha value is -3.39. The van der Waals surface area contributed by atoms with Crippen molar-refractivity contribution in [3.63, 3.8) is 0 Å². The number of aromatic nitrogens is 2. The van der Waals surface area contributed by atoms with Crippen LogP contribution in [0.3, 0.4) is 0 Å². The highest BCUT2D eigenvalue weighted by atomic mass is 16.6.